The van der Waals surface area contributed by atoms with Gasteiger partial charge in [-0.3, -0.25) is 4.79 Å². The number of amides is 1. The highest BCUT2D eigenvalue weighted by atomic mass is 16.1. The fourth-order valence-corrected chi connectivity index (χ4v) is 3.41. The lowest BCUT2D eigenvalue weighted by Gasteiger charge is -2.52. The number of nitrogens with one attached hydrogen (secondary N) is 2. The average Bonchev–Trinajstić information content (AvgIpc) is 2.36. The van der Waals surface area contributed by atoms with Crippen LogP contribution in [0.1, 0.15) is 58.3 Å². The summed E-state index contributed by atoms with van der Waals surface area (Å²) in [5.41, 5.74) is 0.559. The SMILES string of the molecule is CCCNC(=O)CNC1CCC12CCCCC2. The minimum Gasteiger partial charge on any atom is -0.355 e. The third-order valence-electron chi connectivity index (χ3n) is 4.60. The van der Waals surface area contributed by atoms with Gasteiger partial charge in [-0.15, -0.1) is 0 Å². The smallest absolute Gasteiger partial charge is 0.233 e. The van der Waals surface area contributed by atoms with Gasteiger partial charge < -0.3 is 10.6 Å². The number of rotatable bonds is 5. The summed E-state index contributed by atoms with van der Waals surface area (Å²) >= 11 is 0. The molecule has 0 radical (unpaired) electrons. The second-order valence-electron chi connectivity index (χ2n) is 5.75. The lowest BCUT2D eigenvalue weighted by molar-refractivity contribution is -0.120. The Morgan fingerprint density at radius 2 is 2.00 bits per heavy atom. The van der Waals surface area contributed by atoms with E-state index < -0.39 is 0 Å². The minimum atomic E-state index is 0.157. The first-order valence-electron chi connectivity index (χ1n) is 7.27. The summed E-state index contributed by atoms with van der Waals surface area (Å²) in [5, 5.41) is 6.40. The van der Waals surface area contributed by atoms with E-state index in [-0.39, 0.29) is 5.91 Å². The Hall–Kier alpha value is -0.570. The molecule has 0 aromatic carbocycles. The summed E-state index contributed by atoms with van der Waals surface area (Å²) in [6.07, 6.45) is 10.6. The number of carbonyl (C=O) groups is 1. The average molecular weight is 238 g/mol. The molecule has 17 heavy (non-hydrogen) atoms. The van der Waals surface area contributed by atoms with Crippen molar-refractivity contribution in [3.8, 4) is 0 Å². The topological polar surface area (TPSA) is 41.1 Å². The molecule has 3 heteroatoms. The van der Waals surface area contributed by atoms with Crippen LogP contribution < -0.4 is 10.6 Å². The van der Waals surface area contributed by atoms with Gasteiger partial charge in [0.15, 0.2) is 0 Å². The van der Waals surface area contributed by atoms with Crippen molar-refractivity contribution in [1.29, 1.82) is 0 Å². The van der Waals surface area contributed by atoms with E-state index in [0.29, 0.717) is 18.0 Å². The first-order valence-corrected chi connectivity index (χ1v) is 7.27. The van der Waals surface area contributed by atoms with Gasteiger partial charge in [0, 0.05) is 12.6 Å². The van der Waals surface area contributed by atoms with Crippen LogP contribution >= 0.6 is 0 Å². The summed E-state index contributed by atoms with van der Waals surface area (Å²) in [6, 6.07) is 0.607. The van der Waals surface area contributed by atoms with Crippen molar-refractivity contribution in [3.05, 3.63) is 0 Å². The van der Waals surface area contributed by atoms with Gasteiger partial charge in [-0.05, 0) is 37.5 Å². The summed E-state index contributed by atoms with van der Waals surface area (Å²) in [7, 11) is 0. The monoisotopic (exact) mass is 238 g/mol. The Kier molecular flexibility index (Phi) is 4.43. The maximum absolute atomic E-state index is 11.5. The quantitative estimate of drug-likeness (QED) is 0.771. The molecule has 0 bridgehead atoms. The van der Waals surface area contributed by atoms with Gasteiger partial charge in [-0.2, -0.15) is 0 Å². The number of hydrogen-bond acceptors (Lipinski definition) is 2. The summed E-state index contributed by atoms with van der Waals surface area (Å²) in [6.45, 7) is 3.39. The molecule has 1 amide bonds. The van der Waals surface area contributed by atoms with E-state index in [9.17, 15) is 4.79 Å². The Bertz CT molecular complexity index is 259. The molecule has 0 aromatic heterocycles. The van der Waals surface area contributed by atoms with Gasteiger partial charge in [0.1, 0.15) is 0 Å². The predicted octanol–water partition coefficient (Wildman–Crippen LogP) is 2.22. The number of hydrogen-bond donors (Lipinski definition) is 2. The van der Waals surface area contributed by atoms with E-state index in [4.69, 9.17) is 0 Å². The molecule has 2 saturated carbocycles. The van der Waals surface area contributed by atoms with Crippen molar-refractivity contribution in [2.45, 2.75) is 64.3 Å². The standard InChI is InChI=1S/C14H26N2O/c1-2-10-15-13(17)11-16-12-6-9-14(12)7-4-3-5-8-14/h12,16H,2-11H2,1H3,(H,15,17). The van der Waals surface area contributed by atoms with Crippen LogP contribution in [-0.4, -0.2) is 25.0 Å². The van der Waals surface area contributed by atoms with Gasteiger partial charge in [0.25, 0.3) is 0 Å². The number of carbonyl (C=O) groups excluding carboxylic acids is 1. The van der Waals surface area contributed by atoms with E-state index in [1.165, 1.54) is 44.9 Å². The molecule has 0 aromatic rings. The first-order chi connectivity index (χ1) is 8.27. The molecule has 2 aliphatic rings. The Labute approximate surface area is 105 Å². The normalized spacial score (nSPS) is 26.5. The van der Waals surface area contributed by atoms with Crippen LogP contribution in [-0.2, 0) is 4.79 Å². The van der Waals surface area contributed by atoms with Crippen LogP contribution in [0.15, 0.2) is 0 Å². The van der Waals surface area contributed by atoms with Gasteiger partial charge >= 0.3 is 0 Å². The van der Waals surface area contributed by atoms with Crippen LogP contribution in [0.5, 0.6) is 0 Å². The second kappa shape index (κ2) is 5.85. The third-order valence-corrected chi connectivity index (χ3v) is 4.60. The fourth-order valence-electron chi connectivity index (χ4n) is 3.41. The predicted molar refractivity (Wildman–Crippen MR) is 69.8 cm³/mol. The molecule has 1 spiro atoms. The van der Waals surface area contributed by atoms with Crippen LogP contribution in [0.4, 0.5) is 0 Å². The van der Waals surface area contributed by atoms with Crippen molar-refractivity contribution < 1.29 is 4.79 Å². The molecule has 0 saturated heterocycles. The molecule has 98 valence electrons. The molecule has 0 heterocycles. The second-order valence-corrected chi connectivity index (χ2v) is 5.75. The highest BCUT2D eigenvalue weighted by Crippen LogP contribution is 2.51. The lowest BCUT2D eigenvalue weighted by atomic mass is 9.57. The van der Waals surface area contributed by atoms with Gasteiger partial charge in [-0.1, -0.05) is 26.2 Å². The Morgan fingerprint density at radius 3 is 2.59 bits per heavy atom. The van der Waals surface area contributed by atoms with Gasteiger partial charge in [-0.25, -0.2) is 0 Å². The molecule has 2 N–H and O–H groups in total. The zero-order valence-corrected chi connectivity index (χ0v) is 11.1. The summed E-state index contributed by atoms with van der Waals surface area (Å²) < 4.78 is 0. The molecular weight excluding hydrogens is 212 g/mol. The Balaban J connectivity index is 1.70. The molecular formula is C14H26N2O. The van der Waals surface area contributed by atoms with E-state index in [1.54, 1.807) is 0 Å². The molecule has 3 nitrogen and oxygen atoms in total. The van der Waals surface area contributed by atoms with Crippen LogP contribution in [0, 0.1) is 5.41 Å². The van der Waals surface area contributed by atoms with Crippen molar-refractivity contribution in [2.75, 3.05) is 13.1 Å². The van der Waals surface area contributed by atoms with Crippen molar-refractivity contribution in [1.82, 2.24) is 10.6 Å². The Morgan fingerprint density at radius 1 is 1.24 bits per heavy atom. The summed E-state index contributed by atoms with van der Waals surface area (Å²) in [4.78, 5) is 11.5. The minimum absolute atomic E-state index is 0.157. The maximum atomic E-state index is 11.5. The van der Waals surface area contributed by atoms with Crippen LogP contribution in [0.25, 0.3) is 0 Å². The highest BCUT2D eigenvalue weighted by molar-refractivity contribution is 5.78. The zero-order valence-electron chi connectivity index (χ0n) is 11.1. The van der Waals surface area contributed by atoms with E-state index >= 15 is 0 Å². The van der Waals surface area contributed by atoms with E-state index in [0.717, 1.165) is 13.0 Å². The molecule has 0 aliphatic heterocycles. The molecule has 1 atom stereocenters. The van der Waals surface area contributed by atoms with Crippen LogP contribution in [0.3, 0.4) is 0 Å². The largest absolute Gasteiger partial charge is 0.355 e. The zero-order chi connectivity index (χ0) is 12.1. The fraction of sp³-hybridized carbons (Fsp3) is 0.929. The maximum Gasteiger partial charge on any atom is 0.233 e. The molecule has 2 aliphatic carbocycles. The van der Waals surface area contributed by atoms with Crippen LogP contribution in [0.2, 0.25) is 0 Å². The first kappa shape index (κ1) is 12.9. The van der Waals surface area contributed by atoms with Gasteiger partial charge in [0.05, 0.1) is 6.54 Å². The molecule has 2 fully saturated rings. The summed E-state index contributed by atoms with van der Waals surface area (Å²) in [5.74, 6) is 0.157. The molecule has 1 unspecified atom stereocenters. The van der Waals surface area contributed by atoms with Crippen molar-refractivity contribution >= 4 is 5.91 Å². The molecule has 2 rings (SSSR count). The van der Waals surface area contributed by atoms with Gasteiger partial charge in [0.2, 0.25) is 5.91 Å². The lowest BCUT2D eigenvalue weighted by Crippen LogP contribution is -2.56. The van der Waals surface area contributed by atoms with Crippen molar-refractivity contribution in [3.63, 3.8) is 0 Å². The van der Waals surface area contributed by atoms with Crippen molar-refractivity contribution in [2.24, 2.45) is 5.41 Å². The van der Waals surface area contributed by atoms with E-state index in [1.807, 2.05) is 0 Å². The highest BCUT2D eigenvalue weighted by Gasteiger charge is 2.46. The third kappa shape index (κ3) is 3.01. The van der Waals surface area contributed by atoms with E-state index in [2.05, 4.69) is 17.6 Å².